The van der Waals surface area contributed by atoms with Gasteiger partial charge < -0.3 is 9.47 Å². The van der Waals surface area contributed by atoms with E-state index in [1.54, 1.807) is 26.8 Å². The Kier molecular flexibility index (Phi) is 5.64. The Labute approximate surface area is 118 Å². The van der Waals surface area contributed by atoms with Gasteiger partial charge in [-0.2, -0.15) is 0 Å². The van der Waals surface area contributed by atoms with Crippen LogP contribution in [0.2, 0.25) is 0 Å². The first-order valence-electron chi connectivity index (χ1n) is 6.29. The standard InChI is InChI=1S/C14H20N2O4/c1-14(2,3)20-13(18)16-11-7-10(8-15-9-11)12(17)5-6-19-4/h7-9H,5-6H2,1-4H3,(H,16,18). The van der Waals surface area contributed by atoms with Gasteiger partial charge in [0.25, 0.3) is 0 Å². The second-order valence-corrected chi connectivity index (χ2v) is 5.26. The Bertz CT molecular complexity index is 480. The van der Waals surface area contributed by atoms with E-state index in [0.717, 1.165) is 0 Å². The van der Waals surface area contributed by atoms with E-state index in [0.29, 0.717) is 17.9 Å². The molecular formula is C14H20N2O4. The monoisotopic (exact) mass is 280 g/mol. The molecule has 0 aromatic carbocycles. The molecule has 1 heterocycles. The summed E-state index contributed by atoms with van der Waals surface area (Å²) in [5, 5.41) is 2.54. The highest BCUT2D eigenvalue weighted by Gasteiger charge is 2.16. The number of aromatic nitrogens is 1. The van der Waals surface area contributed by atoms with Crippen LogP contribution in [0.5, 0.6) is 0 Å². The third kappa shape index (κ3) is 5.79. The molecule has 0 fully saturated rings. The highest BCUT2D eigenvalue weighted by molar-refractivity contribution is 5.97. The van der Waals surface area contributed by atoms with Crippen LogP contribution in [0.15, 0.2) is 18.5 Å². The minimum atomic E-state index is -0.583. The van der Waals surface area contributed by atoms with E-state index in [1.807, 2.05) is 0 Å². The Balaban J connectivity index is 2.68. The molecule has 1 N–H and O–H groups in total. The van der Waals surface area contributed by atoms with Crippen LogP contribution >= 0.6 is 0 Å². The van der Waals surface area contributed by atoms with Crippen molar-refractivity contribution in [2.75, 3.05) is 19.0 Å². The number of ketones is 1. The lowest BCUT2D eigenvalue weighted by Crippen LogP contribution is -2.27. The number of rotatable bonds is 5. The minimum Gasteiger partial charge on any atom is -0.444 e. The molecule has 0 bridgehead atoms. The second kappa shape index (κ2) is 7.00. The van der Waals surface area contributed by atoms with Crippen LogP contribution in [0.25, 0.3) is 0 Å². The maximum Gasteiger partial charge on any atom is 0.412 e. The molecule has 0 aliphatic carbocycles. The van der Waals surface area contributed by atoms with Gasteiger partial charge in [-0.05, 0) is 26.8 Å². The molecule has 6 heteroatoms. The van der Waals surface area contributed by atoms with Crippen LogP contribution in [0.1, 0.15) is 37.6 Å². The van der Waals surface area contributed by atoms with Crippen molar-refractivity contribution in [1.82, 2.24) is 4.98 Å². The number of amides is 1. The number of nitrogens with one attached hydrogen (secondary N) is 1. The molecule has 20 heavy (non-hydrogen) atoms. The van der Waals surface area contributed by atoms with Gasteiger partial charge in [0.05, 0.1) is 18.5 Å². The lowest BCUT2D eigenvalue weighted by molar-refractivity contribution is 0.0635. The van der Waals surface area contributed by atoms with Gasteiger partial charge in [0.1, 0.15) is 5.60 Å². The van der Waals surface area contributed by atoms with E-state index in [-0.39, 0.29) is 12.2 Å². The van der Waals surface area contributed by atoms with Crippen LogP contribution in [-0.2, 0) is 9.47 Å². The topological polar surface area (TPSA) is 77.5 Å². The molecule has 0 unspecified atom stereocenters. The molecule has 0 radical (unpaired) electrons. The van der Waals surface area contributed by atoms with Gasteiger partial charge in [0.15, 0.2) is 5.78 Å². The molecule has 110 valence electrons. The smallest absolute Gasteiger partial charge is 0.412 e. The summed E-state index contributed by atoms with van der Waals surface area (Å²) in [5.41, 5.74) is 0.266. The molecule has 1 amide bonds. The number of carbonyl (C=O) groups is 2. The Morgan fingerprint density at radius 3 is 2.60 bits per heavy atom. The van der Waals surface area contributed by atoms with Gasteiger partial charge in [0, 0.05) is 25.3 Å². The summed E-state index contributed by atoms with van der Waals surface area (Å²) in [5.74, 6) is -0.0906. The SMILES string of the molecule is COCCC(=O)c1cncc(NC(=O)OC(C)(C)C)c1. The fourth-order valence-corrected chi connectivity index (χ4v) is 1.42. The number of Topliss-reactive ketones (excluding diaryl/α,β-unsaturated/α-hetero) is 1. The van der Waals surface area contributed by atoms with Gasteiger partial charge >= 0.3 is 6.09 Å². The van der Waals surface area contributed by atoms with Gasteiger partial charge in [-0.15, -0.1) is 0 Å². The van der Waals surface area contributed by atoms with Crippen molar-refractivity contribution in [1.29, 1.82) is 0 Å². The number of nitrogens with zero attached hydrogens (tertiary/aromatic N) is 1. The van der Waals surface area contributed by atoms with Crippen molar-refractivity contribution in [2.24, 2.45) is 0 Å². The molecule has 6 nitrogen and oxygen atoms in total. The van der Waals surface area contributed by atoms with Crippen LogP contribution in [0.3, 0.4) is 0 Å². The van der Waals surface area contributed by atoms with Crippen molar-refractivity contribution in [3.63, 3.8) is 0 Å². The number of carbonyl (C=O) groups excluding carboxylic acids is 2. The summed E-state index contributed by atoms with van der Waals surface area (Å²) in [6.45, 7) is 5.67. The number of ether oxygens (including phenoxy) is 2. The Morgan fingerprint density at radius 1 is 1.30 bits per heavy atom. The predicted molar refractivity (Wildman–Crippen MR) is 74.9 cm³/mol. The first-order valence-corrected chi connectivity index (χ1v) is 6.29. The van der Waals surface area contributed by atoms with Crippen LogP contribution < -0.4 is 5.32 Å². The zero-order valence-electron chi connectivity index (χ0n) is 12.2. The fraction of sp³-hybridized carbons (Fsp3) is 0.500. The van der Waals surface area contributed by atoms with Gasteiger partial charge in [-0.3, -0.25) is 15.1 Å². The first kappa shape index (κ1) is 16.1. The molecule has 1 rings (SSSR count). The molecule has 0 atom stereocenters. The zero-order valence-corrected chi connectivity index (χ0v) is 12.2. The lowest BCUT2D eigenvalue weighted by Gasteiger charge is -2.19. The molecular weight excluding hydrogens is 260 g/mol. The number of hydrogen-bond donors (Lipinski definition) is 1. The number of methoxy groups -OCH3 is 1. The minimum absolute atomic E-state index is 0.0906. The van der Waals surface area contributed by atoms with E-state index in [1.165, 1.54) is 19.5 Å². The Morgan fingerprint density at radius 2 is 2.00 bits per heavy atom. The van der Waals surface area contributed by atoms with Gasteiger partial charge in [-0.1, -0.05) is 0 Å². The van der Waals surface area contributed by atoms with Crippen molar-refractivity contribution < 1.29 is 19.1 Å². The van der Waals surface area contributed by atoms with E-state index in [4.69, 9.17) is 9.47 Å². The molecule has 0 saturated heterocycles. The van der Waals surface area contributed by atoms with Crippen LogP contribution in [0.4, 0.5) is 10.5 Å². The Hall–Kier alpha value is -1.95. The molecule has 1 aromatic rings. The quantitative estimate of drug-likeness (QED) is 0.839. The van der Waals surface area contributed by atoms with Gasteiger partial charge in [-0.25, -0.2) is 4.79 Å². The van der Waals surface area contributed by atoms with Crippen LogP contribution in [0, 0.1) is 0 Å². The summed E-state index contributed by atoms with van der Waals surface area (Å²) in [7, 11) is 1.53. The summed E-state index contributed by atoms with van der Waals surface area (Å²) < 4.78 is 9.98. The summed E-state index contributed by atoms with van der Waals surface area (Å²) in [6, 6.07) is 1.56. The van der Waals surface area contributed by atoms with Crippen molar-refractivity contribution in [2.45, 2.75) is 32.8 Å². The lowest BCUT2D eigenvalue weighted by atomic mass is 10.1. The average molecular weight is 280 g/mol. The molecule has 0 aliphatic heterocycles. The van der Waals surface area contributed by atoms with Crippen molar-refractivity contribution in [3.05, 3.63) is 24.0 Å². The third-order valence-electron chi connectivity index (χ3n) is 2.24. The summed E-state index contributed by atoms with van der Waals surface area (Å²) >= 11 is 0. The highest BCUT2D eigenvalue weighted by atomic mass is 16.6. The van der Waals surface area contributed by atoms with E-state index in [9.17, 15) is 9.59 Å². The largest absolute Gasteiger partial charge is 0.444 e. The summed E-state index contributed by atoms with van der Waals surface area (Å²) in [4.78, 5) is 27.4. The summed E-state index contributed by atoms with van der Waals surface area (Å²) in [6.07, 6.45) is 2.60. The van der Waals surface area contributed by atoms with Crippen molar-refractivity contribution >= 4 is 17.6 Å². The number of anilines is 1. The normalized spacial score (nSPS) is 11.0. The van der Waals surface area contributed by atoms with Crippen LogP contribution in [-0.4, -0.2) is 36.2 Å². The first-order chi connectivity index (χ1) is 9.31. The van der Waals surface area contributed by atoms with E-state index >= 15 is 0 Å². The predicted octanol–water partition coefficient (Wildman–Crippen LogP) is 2.65. The molecule has 0 saturated carbocycles. The molecule has 0 aliphatic rings. The van der Waals surface area contributed by atoms with Crippen molar-refractivity contribution in [3.8, 4) is 0 Å². The zero-order chi connectivity index (χ0) is 15.2. The molecule has 0 spiro atoms. The molecule has 1 aromatic heterocycles. The fourth-order valence-electron chi connectivity index (χ4n) is 1.42. The number of hydrogen-bond acceptors (Lipinski definition) is 5. The van der Waals surface area contributed by atoms with Gasteiger partial charge in [0.2, 0.25) is 0 Å². The second-order valence-electron chi connectivity index (χ2n) is 5.26. The van der Waals surface area contributed by atoms with E-state index < -0.39 is 11.7 Å². The van der Waals surface area contributed by atoms with E-state index in [2.05, 4.69) is 10.3 Å². The maximum atomic E-state index is 11.8. The third-order valence-corrected chi connectivity index (χ3v) is 2.24. The average Bonchev–Trinajstić information content (AvgIpc) is 2.33. The number of pyridine rings is 1. The highest BCUT2D eigenvalue weighted by Crippen LogP contribution is 2.13. The maximum absolute atomic E-state index is 11.8.